The number of halogens is 1. The number of aryl methyl sites for hydroxylation is 1. The van der Waals surface area contributed by atoms with Gasteiger partial charge in [0.1, 0.15) is 0 Å². The molecule has 7 nitrogen and oxygen atoms in total. The average Bonchev–Trinajstić information content (AvgIpc) is 3.43. The SMILES string of the molecule is COCCCn1c(SC(C)c2nnc(-c3ccc(C)cc3)o2)nnc1-c1ccccc1Cl. The Labute approximate surface area is 196 Å². The first-order valence-electron chi connectivity index (χ1n) is 10.3. The van der Waals surface area contributed by atoms with E-state index in [1.807, 2.05) is 62.4 Å². The summed E-state index contributed by atoms with van der Waals surface area (Å²) in [6.07, 6.45) is 0.825. The largest absolute Gasteiger partial charge is 0.419 e. The summed E-state index contributed by atoms with van der Waals surface area (Å²) < 4.78 is 13.3. The van der Waals surface area contributed by atoms with Crippen LogP contribution < -0.4 is 0 Å². The fraction of sp³-hybridized carbons (Fsp3) is 0.304. The van der Waals surface area contributed by atoms with Gasteiger partial charge in [0.05, 0.1) is 10.3 Å². The molecule has 0 aliphatic carbocycles. The fourth-order valence-corrected chi connectivity index (χ4v) is 4.33. The number of hydrogen-bond acceptors (Lipinski definition) is 7. The fourth-order valence-electron chi connectivity index (χ4n) is 3.21. The van der Waals surface area contributed by atoms with E-state index in [1.165, 1.54) is 17.3 Å². The van der Waals surface area contributed by atoms with Crippen LogP contribution in [0.5, 0.6) is 0 Å². The number of nitrogens with zero attached hydrogens (tertiary/aromatic N) is 5. The minimum absolute atomic E-state index is 0.105. The van der Waals surface area contributed by atoms with Crippen LogP contribution in [0, 0.1) is 6.92 Å². The summed E-state index contributed by atoms with van der Waals surface area (Å²) in [6, 6.07) is 15.6. The first-order valence-corrected chi connectivity index (χ1v) is 11.6. The summed E-state index contributed by atoms with van der Waals surface area (Å²) in [7, 11) is 1.69. The van der Waals surface area contributed by atoms with Crippen molar-refractivity contribution in [3.05, 3.63) is 65.0 Å². The molecule has 0 fully saturated rings. The molecule has 0 bridgehead atoms. The molecule has 0 radical (unpaired) electrons. The lowest BCUT2D eigenvalue weighted by Crippen LogP contribution is -2.06. The van der Waals surface area contributed by atoms with Crippen molar-refractivity contribution in [3.63, 3.8) is 0 Å². The number of benzene rings is 2. The second-order valence-corrected chi connectivity index (χ2v) is 9.07. The van der Waals surface area contributed by atoms with E-state index >= 15 is 0 Å². The standard InChI is InChI=1S/C23H24ClN5O2S/c1-15-9-11-17(12-10-15)22-27-26-21(31-22)16(2)32-23-28-25-20(29(23)13-6-14-30-3)18-7-4-5-8-19(18)24/h4-5,7-12,16H,6,13-14H2,1-3H3. The van der Waals surface area contributed by atoms with Crippen LogP contribution in [0.25, 0.3) is 22.8 Å². The van der Waals surface area contributed by atoms with Gasteiger partial charge in [0.25, 0.3) is 0 Å². The number of rotatable bonds is 9. The molecule has 1 atom stereocenters. The van der Waals surface area contributed by atoms with Crippen LogP contribution in [0.2, 0.25) is 5.02 Å². The van der Waals surface area contributed by atoms with Crippen molar-refractivity contribution >= 4 is 23.4 Å². The number of methoxy groups -OCH3 is 1. The highest BCUT2D eigenvalue weighted by atomic mass is 35.5. The monoisotopic (exact) mass is 469 g/mol. The van der Waals surface area contributed by atoms with Crippen molar-refractivity contribution in [1.29, 1.82) is 0 Å². The van der Waals surface area contributed by atoms with Crippen LogP contribution in [0.15, 0.2) is 58.1 Å². The molecule has 2 aromatic carbocycles. The highest BCUT2D eigenvalue weighted by Crippen LogP contribution is 2.37. The first kappa shape index (κ1) is 22.5. The summed E-state index contributed by atoms with van der Waals surface area (Å²) in [5.74, 6) is 1.77. The van der Waals surface area contributed by atoms with Crippen LogP contribution in [-0.2, 0) is 11.3 Å². The van der Waals surface area contributed by atoms with E-state index in [9.17, 15) is 0 Å². The number of hydrogen-bond donors (Lipinski definition) is 0. The van der Waals surface area contributed by atoms with Crippen molar-refractivity contribution in [2.45, 2.75) is 37.2 Å². The van der Waals surface area contributed by atoms with Crippen LogP contribution in [0.3, 0.4) is 0 Å². The molecular weight excluding hydrogens is 446 g/mol. The second-order valence-electron chi connectivity index (χ2n) is 7.36. The highest BCUT2D eigenvalue weighted by molar-refractivity contribution is 7.99. The van der Waals surface area contributed by atoms with E-state index in [4.69, 9.17) is 20.8 Å². The molecule has 0 N–H and O–H groups in total. The highest BCUT2D eigenvalue weighted by Gasteiger charge is 2.22. The molecule has 4 aromatic rings. The van der Waals surface area contributed by atoms with Crippen LogP contribution in [-0.4, -0.2) is 38.7 Å². The number of ether oxygens (including phenoxy) is 1. The molecule has 32 heavy (non-hydrogen) atoms. The molecule has 0 aliphatic rings. The van der Waals surface area contributed by atoms with Gasteiger partial charge in [0, 0.05) is 31.4 Å². The predicted molar refractivity (Wildman–Crippen MR) is 126 cm³/mol. The Morgan fingerprint density at radius 2 is 1.84 bits per heavy atom. The van der Waals surface area contributed by atoms with Gasteiger partial charge in [-0.2, -0.15) is 0 Å². The molecular formula is C23H24ClN5O2S. The van der Waals surface area contributed by atoms with Crippen molar-refractivity contribution in [1.82, 2.24) is 25.0 Å². The zero-order chi connectivity index (χ0) is 22.5. The molecule has 9 heteroatoms. The van der Waals surface area contributed by atoms with Gasteiger partial charge in [-0.1, -0.05) is 53.2 Å². The van der Waals surface area contributed by atoms with Gasteiger partial charge in [0.2, 0.25) is 11.8 Å². The molecule has 2 aromatic heterocycles. The summed E-state index contributed by atoms with van der Waals surface area (Å²) in [4.78, 5) is 0. The van der Waals surface area contributed by atoms with Gasteiger partial charge in [-0.15, -0.1) is 20.4 Å². The minimum Gasteiger partial charge on any atom is -0.419 e. The van der Waals surface area contributed by atoms with Crippen molar-refractivity contribution in [2.75, 3.05) is 13.7 Å². The summed E-state index contributed by atoms with van der Waals surface area (Å²) in [5.41, 5.74) is 2.92. The molecule has 1 unspecified atom stereocenters. The maximum Gasteiger partial charge on any atom is 0.247 e. The Kier molecular flexibility index (Phi) is 7.24. The van der Waals surface area contributed by atoms with E-state index < -0.39 is 0 Å². The Hall–Kier alpha value is -2.68. The third kappa shape index (κ3) is 5.03. The quantitative estimate of drug-likeness (QED) is 0.225. The Morgan fingerprint density at radius 1 is 1.06 bits per heavy atom. The lowest BCUT2D eigenvalue weighted by atomic mass is 10.1. The van der Waals surface area contributed by atoms with E-state index in [0.717, 1.165) is 28.5 Å². The molecule has 2 heterocycles. The van der Waals surface area contributed by atoms with Crippen LogP contribution in [0.1, 0.15) is 30.0 Å². The van der Waals surface area contributed by atoms with Gasteiger partial charge in [-0.3, -0.25) is 0 Å². The van der Waals surface area contributed by atoms with Crippen molar-refractivity contribution in [2.24, 2.45) is 0 Å². The minimum atomic E-state index is -0.105. The Bertz CT molecular complexity index is 1180. The zero-order valence-electron chi connectivity index (χ0n) is 18.2. The second kappa shape index (κ2) is 10.3. The molecule has 166 valence electrons. The molecule has 0 saturated heterocycles. The van der Waals surface area contributed by atoms with Gasteiger partial charge < -0.3 is 13.7 Å². The number of thioether (sulfide) groups is 1. The van der Waals surface area contributed by atoms with E-state index in [2.05, 4.69) is 25.0 Å². The lowest BCUT2D eigenvalue weighted by molar-refractivity contribution is 0.189. The molecule has 0 spiro atoms. The normalized spacial score (nSPS) is 12.2. The topological polar surface area (TPSA) is 78.9 Å². The summed E-state index contributed by atoms with van der Waals surface area (Å²) in [6.45, 7) is 5.40. The summed E-state index contributed by atoms with van der Waals surface area (Å²) >= 11 is 7.95. The molecule has 0 saturated carbocycles. The number of aromatic nitrogens is 5. The van der Waals surface area contributed by atoms with E-state index in [0.29, 0.717) is 30.0 Å². The maximum absolute atomic E-state index is 6.43. The maximum atomic E-state index is 6.43. The van der Waals surface area contributed by atoms with E-state index in [-0.39, 0.29) is 5.25 Å². The van der Waals surface area contributed by atoms with Crippen molar-refractivity contribution in [3.8, 4) is 22.8 Å². The van der Waals surface area contributed by atoms with Crippen molar-refractivity contribution < 1.29 is 9.15 Å². The third-order valence-corrected chi connectivity index (χ3v) is 6.33. The predicted octanol–water partition coefficient (Wildman–Crippen LogP) is 5.85. The third-order valence-electron chi connectivity index (χ3n) is 4.93. The van der Waals surface area contributed by atoms with Crippen LogP contribution >= 0.6 is 23.4 Å². The zero-order valence-corrected chi connectivity index (χ0v) is 19.7. The molecule has 0 amide bonds. The lowest BCUT2D eigenvalue weighted by Gasteiger charge is -2.12. The van der Waals surface area contributed by atoms with Gasteiger partial charge in [0.15, 0.2) is 11.0 Å². The Morgan fingerprint density at radius 3 is 2.59 bits per heavy atom. The smallest absolute Gasteiger partial charge is 0.247 e. The van der Waals surface area contributed by atoms with Gasteiger partial charge in [-0.25, -0.2) is 0 Å². The van der Waals surface area contributed by atoms with Crippen LogP contribution in [0.4, 0.5) is 0 Å². The van der Waals surface area contributed by atoms with E-state index in [1.54, 1.807) is 7.11 Å². The first-order chi connectivity index (χ1) is 15.6. The molecule has 4 rings (SSSR count). The molecule has 0 aliphatic heterocycles. The Balaban J connectivity index is 1.58. The average molecular weight is 470 g/mol. The van der Waals surface area contributed by atoms with Gasteiger partial charge >= 0.3 is 0 Å². The summed E-state index contributed by atoms with van der Waals surface area (Å²) in [5, 5.41) is 18.6. The van der Waals surface area contributed by atoms with Gasteiger partial charge in [-0.05, 0) is 44.5 Å².